The van der Waals surface area contributed by atoms with Crippen LogP contribution in [0.1, 0.15) is 40.5 Å². The minimum Gasteiger partial charge on any atom is -0.465 e. The summed E-state index contributed by atoms with van der Waals surface area (Å²) in [5, 5.41) is 20.2. The van der Waals surface area contributed by atoms with Gasteiger partial charge in [-0.15, -0.1) is 0 Å². The molecule has 2 bridgehead atoms. The van der Waals surface area contributed by atoms with Crippen molar-refractivity contribution in [2.45, 2.75) is 46.1 Å². The van der Waals surface area contributed by atoms with Crippen LogP contribution in [0.25, 0.3) is 0 Å². The maximum Gasteiger partial charge on any atom is 0.323 e. The number of carbonyl (C=O) groups is 3. The number of nitrogens with zero attached hydrogens (tertiary/aromatic N) is 1. The number of nitriles is 1. The van der Waals surface area contributed by atoms with Gasteiger partial charge >= 0.3 is 11.9 Å². The van der Waals surface area contributed by atoms with Gasteiger partial charge in [-0.1, -0.05) is 0 Å². The molecule has 3 aliphatic rings. The second-order valence-electron chi connectivity index (χ2n) is 6.96. The van der Waals surface area contributed by atoms with Crippen LogP contribution in [0.2, 0.25) is 0 Å². The summed E-state index contributed by atoms with van der Waals surface area (Å²) in [5.41, 5.74) is -4.66. The van der Waals surface area contributed by atoms with E-state index in [-0.39, 0.29) is 26.1 Å². The fraction of sp³-hybridized carbons (Fsp3) is 0.765. The minimum absolute atomic E-state index is 0.0227. The third kappa shape index (κ3) is 2.24. The molecule has 0 aliphatic heterocycles. The first-order valence-corrected chi connectivity index (χ1v) is 8.14. The molecular formula is C17H23NO6. The number of carbonyl (C=O) groups excluding carboxylic acids is 3. The Kier molecular flexibility index (Phi) is 4.49. The molecule has 0 heterocycles. The van der Waals surface area contributed by atoms with Gasteiger partial charge in [0.25, 0.3) is 0 Å². The van der Waals surface area contributed by atoms with Gasteiger partial charge in [-0.2, -0.15) is 5.26 Å². The standard InChI is InChI=1S/C17H23NO6/c1-5-23-13(20)17(14(21)24-6-2)7-10-12(19)15(3,9-18)11(17)8-16(10,4)22/h10-11,22H,5-8H2,1-4H3/t10-,11-,15?,16-/m0/s1. The van der Waals surface area contributed by atoms with Crippen LogP contribution in [0.5, 0.6) is 0 Å². The van der Waals surface area contributed by atoms with Crippen molar-refractivity contribution in [3.05, 3.63) is 0 Å². The number of hydrogen-bond acceptors (Lipinski definition) is 7. The van der Waals surface area contributed by atoms with Gasteiger partial charge in [0.05, 0.1) is 24.9 Å². The Morgan fingerprint density at radius 1 is 1.21 bits per heavy atom. The highest BCUT2D eigenvalue weighted by atomic mass is 16.6. The second-order valence-corrected chi connectivity index (χ2v) is 6.96. The number of esters is 2. The molecule has 0 aromatic rings. The molecule has 3 saturated carbocycles. The summed E-state index contributed by atoms with van der Waals surface area (Å²) in [7, 11) is 0. The third-order valence-electron chi connectivity index (χ3n) is 5.53. The van der Waals surface area contributed by atoms with Crippen LogP contribution in [0, 0.1) is 34.0 Å². The lowest BCUT2D eigenvalue weighted by molar-refractivity contribution is -0.211. The van der Waals surface area contributed by atoms with E-state index in [2.05, 4.69) is 0 Å². The van der Waals surface area contributed by atoms with Gasteiger partial charge in [-0.05, 0) is 40.5 Å². The maximum absolute atomic E-state index is 12.7. The van der Waals surface area contributed by atoms with Gasteiger partial charge < -0.3 is 14.6 Å². The summed E-state index contributed by atoms with van der Waals surface area (Å²) in [6.07, 6.45) is -0.219. The van der Waals surface area contributed by atoms with Crippen molar-refractivity contribution < 1.29 is 29.0 Å². The molecule has 0 saturated heterocycles. The Morgan fingerprint density at radius 2 is 1.71 bits per heavy atom. The number of fused-ring (bicyclic) bond motifs is 3. The molecule has 0 aromatic heterocycles. The number of Topliss-reactive ketones (excluding diaryl/α,β-unsaturated/α-hetero) is 1. The largest absolute Gasteiger partial charge is 0.465 e. The molecule has 4 atom stereocenters. The third-order valence-corrected chi connectivity index (χ3v) is 5.53. The van der Waals surface area contributed by atoms with Crippen LogP contribution in [0.4, 0.5) is 0 Å². The normalized spacial score (nSPS) is 36.8. The highest BCUT2D eigenvalue weighted by Gasteiger charge is 2.74. The molecule has 0 aromatic carbocycles. The van der Waals surface area contributed by atoms with Gasteiger partial charge in [0, 0.05) is 11.8 Å². The Labute approximate surface area is 140 Å². The topological polar surface area (TPSA) is 114 Å². The van der Waals surface area contributed by atoms with Gasteiger partial charge in [-0.3, -0.25) is 14.4 Å². The summed E-state index contributed by atoms with van der Waals surface area (Å²) in [6, 6.07) is 1.97. The molecule has 132 valence electrons. The lowest BCUT2D eigenvalue weighted by Crippen LogP contribution is -2.70. The first-order valence-electron chi connectivity index (χ1n) is 8.14. The van der Waals surface area contributed by atoms with Crippen LogP contribution in [-0.4, -0.2) is 41.6 Å². The van der Waals surface area contributed by atoms with Crippen LogP contribution >= 0.6 is 0 Å². The summed E-state index contributed by atoms with van der Waals surface area (Å²) in [5.74, 6) is -4.01. The first-order chi connectivity index (χ1) is 11.1. The Balaban J connectivity index is 2.65. The minimum atomic E-state index is -1.74. The molecule has 7 nitrogen and oxygen atoms in total. The number of ketones is 1. The fourth-order valence-corrected chi connectivity index (χ4v) is 4.21. The molecule has 1 N–H and O–H groups in total. The summed E-state index contributed by atoms with van der Waals surface area (Å²) in [4.78, 5) is 38.2. The summed E-state index contributed by atoms with van der Waals surface area (Å²) >= 11 is 0. The molecule has 3 aliphatic carbocycles. The second kappa shape index (κ2) is 5.85. The molecule has 1 unspecified atom stereocenters. The average Bonchev–Trinajstić information content (AvgIpc) is 2.52. The molecule has 7 heteroatoms. The predicted molar refractivity (Wildman–Crippen MR) is 81.3 cm³/mol. The van der Waals surface area contributed by atoms with Crippen LogP contribution in [0.3, 0.4) is 0 Å². The lowest BCUT2D eigenvalue weighted by atomic mass is 9.43. The zero-order valence-electron chi connectivity index (χ0n) is 14.4. The fourth-order valence-electron chi connectivity index (χ4n) is 4.21. The highest BCUT2D eigenvalue weighted by Crippen LogP contribution is 2.62. The summed E-state index contributed by atoms with van der Waals surface area (Å²) < 4.78 is 10.2. The Hall–Kier alpha value is -1.94. The van der Waals surface area contributed by atoms with E-state index in [0.717, 1.165) is 0 Å². The molecular weight excluding hydrogens is 314 g/mol. The van der Waals surface area contributed by atoms with E-state index in [1.807, 2.05) is 6.07 Å². The number of aliphatic hydroxyl groups is 1. The zero-order chi connectivity index (χ0) is 18.3. The molecule has 0 amide bonds. The van der Waals surface area contributed by atoms with Gasteiger partial charge in [0.15, 0.2) is 11.2 Å². The zero-order valence-corrected chi connectivity index (χ0v) is 14.4. The monoisotopic (exact) mass is 337 g/mol. The quantitative estimate of drug-likeness (QED) is 0.601. The van der Waals surface area contributed by atoms with E-state index < -0.39 is 46.0 Å². The maximum atomic E-state index is 12.7. The van der Waals surface area contributed by atoms with Crippen molar-refractivity contribution in [2.24, 2.45) is 22.7 Å². The van der Waals surface area contributed by atoms with Gasteiger partial charge in [0.2, 0.25) is 0 Å². The Bertz CT molecular complexity index is 601. The van der Waals surface area contributed by atoms with E-state index in [4.69, 9.17) is 9.47 Å². The number of ether oxygens (including phenoxy) is 2. The van der Waals surface area contributed by atoms with E-state index >= 15 is 0 Å². The van der Waals surface area contributed by atoms with Crippen molar-refractivity contribution in [3.8, 4) is 6.07 Å². The average molecular weight is 337 g/mol. The van der Waals surface area contributed by atoms with Crippen molar-refractivity contribution in [1.29, 1.82) is 5.26 Å². The van der Waals surface area contributed by atoms with E-state index in [0.29, 0.717) is 0 Å². The summed E-state index contributed by atoms with van der Waals surface area (Å²) in [6.45, 7) is 6.27. The van der Waals surface area contributed by atoms with Crippen molar-refractivity contribution in [3.63, 3.8) is 0 Å². The smallest absolute Gasteiger partial charge is 0.323 e. The van der Waals surface area contributed by atoms with E-state index in [1.165, 1.54) is 13.8 Å². The van der Waals surface area contributed by atoms with Gasteiger partial charge in [-0.25, -0.2) is 0 Å². The van der Waals surface area contributed by atoms with Crippen LogP contribution < -0.4 is 0 Å². The molecule has 24 heavy (non-hydrogen) atoms. The lowest BCUT2D eigenvalue weighted by Gasteiger charge is -2.58. The van der Waals surface area contributed by atoms with Crippen LogP contribution in [0.15, 0.2) is 0 Å². The SMILES string of the molecule is CCOC(=O)C1(C(=O)OCC)C[C@H]2C(=O)C(C)(C#N)[C@@H]1C[C@]2(C)O. The molecule has 3 fully saturated rings. The molecule has 0 radical (unpaired) electrons. The number of rotatable bonds is 4. The van der Waals surface area contributed by atoms with E-state index in [1.54, 1.807) is 13.8 Å². The van der Waals surface area contributed by atoms with Crippen LogP contribution in [-0.2, 0) is 23.9 Å². The van der Waals surface area contributed by atoms with Crippen molar-refractivity contribution in [1.82, 2.24) is 0 Å². The number of hydrogen-bond donors (Lipinski definition) is 1. The first kappa shape index (κ1) is 18.4. The molecule has 3 rings (SSSR count). The Morgan fingerprint density at radius 3 is 2.12 bits per heavy atom. The van der Waals surface area contributed by atoms with Crippen molar-refractivity contribution >= 4 is 17.7 Å². The molecule has 0 spiro atoms. The predicted octanol–water partition coefficient (Wildman–Crippen LogP) is 0.989. The van der Waals surface area contributed by atoms with Gasteiger partial charge in [0.1, 0.15) is 5.41 Å². The highest BCUT2D eigenvalue weighted by molar-refractivity contribution is 6.05. The van der Waals surface area contributed by atoms with E-state index in [9.17, 15) is 24.8 Å². The van der Waals surface area contributed by atoms with Crippen molar-refractivity contribution in [2.75, 3.05) is 13.2 Å².